The van der Waals surface area contributed by atoms with Gasteiger partial charge in [0.25, 0.3) is 5.91 Å². The van der Waals surface area contributed by atoms with Gasteiger partial charge < -0.3 is 32.3 Å². The molecule has 2 aliphatic rings. The van der Waals surface area contributed by atoms with E-state index < -0.39 is 0 Å². The largest absolute Gasteiger partial charge is 0.371 e. The van der Waals surface area contributed by atoms with Crippen LogP contribution in [-0.4, -0.2) is 63.7 Å². The first-order chi connectivity index (χ1) is 16.7. The molecule has 35 heavy (non-hydrogen) atoms. The van der Waals surface area contributed by atoms with Crippen molar-refractivity contribution in [2.24, 2.45) is 23.3 Å². The molecule has 1 aromatic rings. The van der Waals surface area contributed by atoms with Gasteiger partial charge in [0.2, 0.25) is 5.91 Å². The van der Waals surface area contributed by atoms with E-state index in [1.54, 1.807) is 0 Å². The molecule has 7 N–H and O–H groups in total. The minimum atomic E-state index is -0.215. The summed E-state index contributed by atoms with van der Waals surface area (Å²) in [5.74, 6) is -0.000181. The zero-order valence-corrected chi connectivity index (χ0v) is 22.2. The summed E-state index contributed by atoms with van der Waals surface area (Å²) < 4.78 is 0. The maximum Gasteiger partial charge on any atom is 0.251 e. The fourth-order valence-corrected chi connectivity index (χ4v) is 5.81. The van der Waals surface area contributed by atoms with E-state index in [-0.39, 0.29) is 41.7 Å². The van der Waals surface area contributed by atoms with Crippen LogP contribution in [0.4, 0.5) is 5.69 Å². The van der Waals surface area contributed by atoms with E-state index in [0.29, 0.717) is 24.7 Å². The maximum atomic E-state index is 13.5. The first-order valence-corrected chi connectivity index (χ1v) is 13.2. The van der Waals surface area contributed by atoms with Crippen molar-refractivity contribution >= 4 is 17.5 Å². The molecule has 1 aromatic carbocycles. The van der Waals surface area contributed by atoms with Gasteiger partial charge in [-0.1, -0.05) is 6.92 Å². The van der Waals surface area contributed by atoms with E-state index in [1.807, 2.05) is 27.0 Å². The van der Waals surface area contributed by atoms with Gasteiger partial charge in [0.1, 0.15) is 0 Å². The minimum absolute atomic E-state index is 0.0233. The molecule has 3 rings (SSSR count). The predicted molar refractivity (Wildman–Crippen MR) is 143 cm³/mol. The minimum Gasteiger partial charge on any atom is -0.371 e. The first kappa shape index (κ1) is 27.4. The number of likely N-dealkylation sites (N-methyl/N-ethyl adjacent to an activating group) is 1. The van der Waals surface area contributed by atoms with Crippen molar-refractivity contribution in [3.05, 3.63) is 28.8 Å². The highest BCUT2D eigenvalue weighted by Gasteiger charge is 2.33. The summed E-state index contributed by atoms with van der Waals surface area (Å²) in [6.07, 6.45) is 5.06. The van der Waals surface area contributed by atoms with Crippen molar-refractivity contribution in [2.75, 3.05) is 38.6 Å². The number of carbonyl (C=O) groups is 2. The Morgan fingerprint density at radius 2 is 1.91 bits per heavy atom. The Morgan fingerprint density at radius 1 is 1.23 bits per heavy atom. The molecule has 1 aliphatic carbocycles. The molecule has 4 unspecified atom stereocenters. The lowest BCUT2D eigenvalue weighted by atomic mass is 9.84. The van der Waals surface area contributed by atoms with Gasteiger partial charge in [0.15, 0.2) is 0 Å². The van der Waals surface area contributed by atoms with Crippen molar-refractivity contribution in [2.45, 2.75) is 76.9 Å². The van der Waals surface area contributed by atoms with Crippen LogP contribution in [0, 0.1) is 18.8 Å². The highest BCUT2D eigenvalue weighted by molar-refractivity contribution is 5.97. The number of nitrogens with zero attached hydrogens (tertiary/aromatic N) is 1. The summed E-state index contributed by atoms with van der Waals surface area (Å²) in [6.45, 7) is 7.70. The molecule has 2 amide bonds. The Labute approximate surface area is 210 Å². The van der Waals surface area contributed by atoms with Gasteiger partial charge in [-0.05, 0) is 82.2 Å². The predicted octanol–water partition coefficient (Wildman–Crippen LogP) is 1.85. The summed E-state index contributed by atoms with van der Waals surface area (Å²) in [4.78, 5) is 28.3. The lowest BCUT2D eigenvalue weighted by molar-refractivity contribution is -0.129. The molecule has 0 bridgehead atoms. The van der Waals surface area contributed by atoms with Gasteiger partial charge in [-0.3, -0.25) is 9.59 Å². The average molecular weight is 487 g/mol. The number of carbonyl (C=O) groups excluding carboxylic acids is 2. The highest BCUT2D eigenvalue weighted by Crippen LogP contribution is 2.33. The van der Waals surface area contributed by atoms with E-state index in [4.69, 9.17) is 11.5 Å². The van der Waals surface area contributed by atoms with E-state index in [2.05, 4.69) is 40.9 Å². The van der Waals surface area contributed by atoms with Crippen LogP contribution in [0.15, 0.2) is 12.1 Å². The fraction of sp³-hybridized carbons (Fsp3) is 0.704. The van der Waals surface area contributed by atoms with Gasteiger partial charge in [-0.25, -0.2) is 0 Å². The number of benzene rings is 1. The second kappa shape index (κ2) is 12.2. The van der Waals surface area contributed by atoms with Crippen LogP contribution >= 0.6 is 0 Å². The molecule has 0 spiro atoms. The molecule has 0 radical (unpaired) electrons. The molecule has 1 aliphatic heterocycles. The van der Waals surface area contributed by atoms with Crippen LogP contribution in [0.3, 0.4) is 0 Å². The summed E-state index contributed by atoms with van der Waals surface area (Å²) >= 11 is 0. The number of piperidine rings is 1. The Kier molecular flexibility index (Phi) is 9.55. The molecule has 4 atom stereocenters. The van der Waals surface area contributed by atoms with E-state index in [0.717, 1.165) is 55.5 Å². The maximum absolute atomic E-state index is 13.5. The van der Waals surface area contributed by atoms with Crippen molar-refractivity contribution in [3.63, 3.8) is 0 Å². The monoisotopic (exact) mass is 486 g/mol. The molecule has 196 valence electrons. The number of nitrogens with two attached hydrogens (primary N) is 2. The van der Waals surface area contributed by atoms with Gasteiger partial charge in [-0.15, -0.1) is 0 Å². The Bertz CT molecular complexity index is 883. The SMILES string of the molecule is CNCC(CN)c1cc(C(=O)NCC2C(=O)NC(C)CC2C)c(C)c(N(C)C2CCC(N)CC2)c1. The summed E-state index contributed by atoms with van der Waals surface area (Å²) in [7, 11) is 4.04. The molecule has 1 heterocycles. The number of amides is 2. The summed E-state index contributed by atoms with van der Waals surface area (Å²) in [6, 6.07) is 5.05. The molecule has 8 nitrogen and oxygen atoms in total. The van der Waals surface area contributed by atoms with Crippen LogP contribution < -0.4 is 32.3 Å². The van der Waals surface area contributed by atoms with Gasteiger partial charge in [0.05, 0.1) is 5.92 Å². The quantitative estimate of drug-likeness (QED) is 0.363. The summed E-state index contributed by atoms with van der Waals surface area (Å²) in [5.41, 5.74) is 16.0. The second-order valence-corrected chi connectivity index (χ2v) is 10.8. The Hall–Kier alpha value is -2.16. The standard InChI is InChI=1S/C27H46N6O2/c1-16-10-17(2)32-27(35)24(16)15-31-26(34)23-11-19(20(13-28)14-30-4)12-25(18(23)3)33(5)22-8-6-21(29)7-9-22/h11-12,16-17,20-22,24,30H,6-10,13-15,28-29H2,1-5H3,(H,31,34)(H,32,35). The molecular weight excluding hydrogens is 440 g/mol. The number of hydrogen-bond donors (Lipinski definition) is 5. The van der Waals surface area contributed by atoms with Crippen molar-refractivity contribution in [1.82, 2.24) is 16.0 Å². The number of anilines is 1. The van der Waals surface area contributed by atoms with Gasteiger partial charge in [0, 0.05) is 62.0 Å². The van der Waals surface area contributed by atoms with Crippen molar-refractivity contribution in [1.29, 1.82) is 0 Å². The Morgan fingerprint density at radius 3 is 2.51 bits per heavy atom. The third-order valence-corrected chi connectivity index (χ3v) is 8.14. The fourth-order valence-electron chi connectivity index (χ4n) is 5.81. The van der Waals surface area contributed by atoms with E-state index >= 15 is 0 Å². The Balaban J connectivity index is 1.87. The zero-order chi connectivity index (χ0) is 25.7. The molecule has 1 saturated heterocycles. The van der Waals surface area contributed by atoms with Crippen molar-refractivity contribution in [3.8, 4) is 0 Å². The van der Waals surface area contributed by atoms with Crippen LogP contribution in [0.5, 0.6) is 0 Å². The third-order valence-electron chi connectivity index (χ3n) is 8.14. The van der Waals surface area contributed by atoms with Crippen molar-refractivity contribution < 1.29 is 9.59 Å². The second-order valence-electron chi connectivity index (χ2n) is 10.8. The smallest absolute Gasteiger partial charge is 0.251 e. The first-order valence-electron chi connectivity index (χ1n) is 13.2. The normalized spacial score (nSPS) is 27.7. The highest BCUT2D eigenvalue weighted by atomic mass is 16.2. The molecular formula is C27H46N6O2. The summed E-state index contributed by atoms with van der Waals surface area (Å²) in [5, 5.41) is 9.31. The molecule has 8 heteroatoms. The number of hydrogen-bond acceptors (Lipinski definition) is 6. The third kappa shape index (κ3) is 6.54. The van der Waals surface area contributed by atoms with Gasteiger partial charge >= 0.3 is 0 Å². The zero-order valence-electron chi connectivity index (χ0n) is 22.2. The average Bonchev–Trinajstić information content (AvgIpc) is 2.82. The topological polar surface area (TPSA) is 126 Å². The van der Waals surface area contributed by atoms with Crippen LogP contribution in [0.25, 0.3) is 0 Å². The molecule has 1 saturated carbocycles. The lowest BCUT2D eigenvalue weighted by Gasteiger charge is -2.36. The van der Waals surface area contributed by atoms with Crippen LogP contribution in [0.2, 0.25) is 0 Å². The van der Waals surface area contributed by atoms with Gasteiger partial charge in [-0.2, -0.15) is 0 Å². The lowest BCUT2D eigenvalue weighted by Crippen LogP contribution is -2.50. The van der Waals surface area contributed by atoms with E-state index in [9.17, 15) is 9.59 Å². The number of rotatable bonds is 9. The number of nitrogens with one attached hydrogen (secondary N) is 3. The van der Waals surface area contributed by atoms with Crippen LogP contribution in [-0.2, 0) is 4.79 Å². The molecule has 2 fully saturated rings. The molecule has 0 aromatic heterocycles. The van der Waals surface area contributed by atoms with Crippen LogP contribution in [0.1, 0.15) is 73.4 Å². The van der Waals surface area contributed by atoms with E-state index in [1.165, 1.54) is 0 Å².